The Morgan fingerprint density at radius 3 is 2.33 bits per heavy atom. The maximum atomic E-state index is 13.2. The SMILES string of the molecule is CC(=O)N1c2ccc(-c3ccc(S(=O)(=O)NCCO)cc3)cc2N(C(=O)OC2CCCCC2)C[C@@H]1C. The number of fused-ring (bicyclic) bond motifs is 1. The minimum Gasteiger partial charge on any atom is -0.446 e. The zero-order chi connectivity index (χ0) is 25.9. The van der Waals surface area contributed by atoms with Crippen LogP contribution in [0.15, 0.2) is 47.4 Å². The number of hydrogen-bond donors (Lipinski definition) is 2. The lowest BCUT2D eigenvalue weighted by molar-refractivity contribution is -0.117. The van der Waals surface area contributed by atoms with Crippen molar-refractivity contribution in [2.45, 2.75) is 63.0 Å². The molecular weight excluding hydrogens is 482 g/mol. The molecule has 2 aromatic carbocycles. The largest absolute Gasteiger partial charge is 0.446 e. The molecule has 2 aromatic rings. The molecule has 9 nitrogen and oxygen atoms in total. The van der Waals surface area contributed by atoms with Gasteiger partial charge in [0, 0.05) is 20.0 Å². The highest BCUT2D eigenvalue weighted by Gasteiger charge is 2.35. The van der Waals surface area contributed by atoms with Crippen LogP contribution in [0.4, 0.5) is 16.2 Å². The van der Waals surface area contributed by atoms with Crippen LogP contribution in [0.5, 0.6) is 0 Å². The van der Waals surface area contributed by atoms with Crippen LogP contribution < -0.4 is 14.5 Å². The van der Waals surface area contributed by atoms with E-state index in [1.165, 1.54) is 19.1 Å². The molecular formula is C26H33N3O6S. The van der Waals surface area contributed by atoms with Crippen molar-refractivity contribution in [3.05, 3.63) is 42.5 Å². The van der Waals surface area contributed by atoms with Gasteiger partial charge in [0.25, 0.3) is 0 Å². The molecule has 10 heteroatoms. The van der Waals surface area contributed by atoms with Gasteiger partial charge in [0.05, 0.1) is 28.9 Å². The van der Waals surface area contributed by atoms with E-state index in [9.17, 15) is 18.0 Å². The summed E-state index contributed by atoms with van der Waals surface area (Å²) in [4.78, 5) is 29.1. The monoisotopic (exact) mass is 515 g/mol. The van der Waals surface area contributed by atoms with Crippen molar-refractivity contribution < 1.29 is 27.9 Å². The molecule has 1 fully saturated rings. The fraction of sp³-hybridized carbons (Fsp3) is 0.462. The quantitative estimate of drug-likeness (QED) is 0.607. The molecule has 0 unspecified atom stereocenters. The van der Waals surface area contributed by atoms with Crippen LogP contribution in [0.1, 0.15) is 46.0 Å². The van der Waals surface area contributed by atoms with E-state index in [1.807, 2.05) is 25.1 Å². The number of carbonyl (C=O) groups is 2. The third-order valence-electron chi connectivity index (χ3n) is 6.69. The Balaban J connectivity index is 1.66. The zero-order valence-electron chi connectivity index (χ0n) is 20.6. The summed E-state index contributed by atoms with van der Waals surface area (Å²) in [5, 5.41) is 8.90. The normalized spacial score (nSPS) is 18.6. The van der Waals surface area contributed by atoms with Crippen LogP contribution in [0, 0.1) is 0 Å². The molecule has 1 aliphatic carbocycles. The predicted molar refractivity (Wildman–Crippen MR) is 137 cm³/mol. The third-order valence-corrected chi connectivity index (χ3v) is 8.17. The molecule has 2 N–H and O–H groups in total. The molecule has 0 spiro atoms. The number of amides is 2. The van der Waals surface area contributed by atoms with Gasteiger partial charge in [-0.2, -0.15) is 0 Å². The first-order chi connectivity index (χ1) is 17.2. The van der Waals surface area contributed by atoms with Crippen molar-refractivity contribution in [3.8, 4) is 11.1 Å². The number of nitrogens with zero attached hydrogens (tertiary/aromatic N) is 2. The molecule has 194 valence electrons. The van der Waals surface area contributed by atoms with E-state index in [1.54, 1.807) is 21.9 Å². The van der Waals surface area contributed by atoms with Crippen LogP contribution in [0.3, 0.4) is 0 Å². The van der Waals surface area contributed by atoms with Gasteiger partial charge in [-0.05, 0) is 68.0 Å². The van der Waals surface area contributed by atoms with Crippen molar-refractivity contribution in [1.82, 2.24) is 4.72 Å². The number of hydrogen-bond acceptors (Lipinski definition) is 6. The van der Waals surface area contributed by atoms with Gasteiger partial charge in [-0.25, -0.2) is 17.9 Å². The number of anilines is 2. The molecule has 1 atom stereocenters. The Hall–Kier alpha value is -2.95. The van der Waals surface area contributed by atoms with Crippen LogP contribution >= 0.6 is 0 Å². The van der Waals surface area contributed by atoms with Gasteiger partial charge in [-0.3, -0.25) is 9.69 Å². The van der Waals surface area contributed by atoms with Crippen LogP contribution in [-0.2, 0) is 19.6 Å². The molecule has 2 aliphatic rings. The minimum absolute atomic E-state index is 0.0627. The van der Waals surface area contributed by atoms with Crippen LogP contribution in [0.25, 0.3) is 11.1 Å². The number of aliphatic hydroxyl groups is 1. The lowest BCUT2D eigenvalue weighted by Gasteiger charge is -2.41. The minimum atomic E-state index is -3.72. The van der Waals surface area contributed by atoms with Gasteiger partial charge in [0.1, 0.15) is 6.10 Å². The summed E-state index contributed by atoms with van der Waals surface area (Å²) in [6, 6.07) is 11.7. The molecule has 0 saturated heterocycles. The van der Waals surface area contributed by atoms with E-state index in [0.717, 1.165) is 43.2 Å². The van der Waals surface area contributed by atoms with Crippen molar-refractivity contribution in [2.75, 3.05) is 29.5 Å². The van der Waals surface area contributed by atoms with Gasteiger partial charge >= 0.3 is 6.09 Å². The Labute approximate surface area is 212 Å². The summed E-state index contributed by atoms with van der Waals surface area (Å²) >= 11 is 0. The number of rotatable bonds is 6. The van der Waals surface area contributed by atoms with E-state index in [2.05, 4.69) is 4.72 Å². The van der Waals surface area contributed by atoms with E-state index < -0.39 is 16.1 Å². The lowest BCUT2D eigenvalue weighted by atomic mass is 9.98. The van der Waals surface area contributed by atoms with Gasteiger partial charge in [0.15, 0.2) is 0 Å². The average molecular weight is 516 g/mol. The smallest absolute Gasteiger partial charge is 0.414 e. The van der Waals surface area contributed by atoms with Crippen molar-refractivity contribution in [3.63, 3.8) is 0 Å². The number of carbonyl (C=O) groups excluding carboxylic acids is 2. The maximum absolute atomic E-state index is 13.2. The van der Waals surface area contributed by atoms with Crippen molar-refractivity contribution >= 4 is 33.4 Å². The van der Waals surface area contributed by atoms with Crippen LogP contribution in [-0.4, -0.2) is 57.4 Å². The van der Waals surface area contributed by atoms with E-state index in [4.69, 9.17) is 9.84 Å². The molecule has 36 heavy (non-hydrogen) atoms. The third kappa shape index (κ3) is 5.55. The molecule has 1 saturated carbocycles. The molecule has 4 rings (SSSR count). The summed E-state index contributed by atoms with van der Waals surface area (Å²) < 4.78 is 32.8. The zero-order valence-corrected chi connectivity index (χ0v) is 21.5. The first kappa shape index (κ1) is 26.1. The second-order valence-electron chi connectivity index (χ2n) is 9.34. The number of ether oxygens (including phenoxy) is 1. The fourth-order valence-corrected chi connectivity index (χ4v) is 5.96. The summed E-state index contributed by atoms with van der Waals surface area (Å²) in [6.45, 7) is 3.38. The molecule has 1 heterocycles. The first-order valence-corrected chi connectivity index (χ1v) is 13.8. The highest BCUT2D eigenvalue weighted by molar-refractivity contribution is 7.89. The second-order valence-corrected chi connectivity index (χ2v) is 11.1. The van der Waals surface area contributed by atoms with Gasteiger partial charge in [-0.1, -0.05) is 24.6 Å². The van der Waals surface area contributed by atoms with Gasteiger partial charge < -0.3 is 14.7 Å². The Morgan fingerprint density at radius 1 is 1.03 bits per heavy atom. The topological polar surface area (TPSA) is 116 Å². The first-order valence-electron chi connectivity index (χ1n) is 12.3. The summed E-state index contributed by atoms with van der Waals surface area (Å²) in [5.74, 6) is -0.110. The summed E-state index contributed by atoms with van der Waals surface area (Å²) in [5.41, 5.74) is 2.75. The Bertz CT molecular complexity index is 1210. The number of sulfonamides is 1. The van der Waals surface area contributed by atoms with Crippen molar-refractivity contribution in [1.29, 1.82) is 0 Å². The molecule has 0 bridgehead atoms. The number of aliphatic hydroxyl groups excluding tert-OH is 1. The Kier molecular flexibility index (Phi) is 7.97. The van der Waals surface area contributed by atoms with Gasteiger partial charge in [-0.15, -0.1) is 0 Å². The molecule has 0 radical (unpaired) electrons. The maximum Gasteiger partial charge on any atom is 0.414 e. The van der Waals surface area contributed by atoms with E-state index in [-0.39, 0.29) is 36.1 Å². The van der Waals surface area contributed by atoms with E-state index >= 15 is 0 Å². The molecule has 2 amide bonds. The summed E-state index contributed by atoms with van der Waals surface area (Å²) in [6.07, 6.45) is 4.49. The van der Waals surface area contributed by atoms with Crippen molar-refractivity contribution in [2.24, 2.45) is 0 Å². The Morgan fingerprint density at radius 2 is 1.69 bits per heavy atom. The highest BCUT2D eigenvalue weighted by atomic mass is 32.2. The van der Waals surface area contributed by atoms with Gasteiger partial charge in [0.2, 0.25) is 15.9 Å². The predicted octanol–water partition coefficient (Wildman–Crippen LogP) is 3.65. The number of benzene rings is 2. The van der Waals surface area contributed by atoms with E-state index in [0.29, 0.717) is 17.9 Å². The lowest BCUT2D eigenvalue weighted by Crippen LogP contribution is -2.52. The molecule has 0 aromatic heterocycles. The number of nitrogens with one attached hydrogen (secondary N) is 1. The highest BCUT2D eigenvalue weighted by Crippen LogP contribution is 2.39. The average Bonchev–Trinajstić information content (AvgIpc) is 2.87. The fourth-order valence-electron chi connectivity index (χ4n) is 4.94. The second kappa shape index (κ2) is 11.0. The molecule has 1 aliphatic heterocycles. The summed E-state index contributed by atoms with van der Waals surface area (Å²) in [7, 11) is -3.72. The standard InChI is InChI=1S/C26H33N3O6S/c1-18-17-28(26(32)35-22-6-4-3-5-7-22)25-16-21(10-13-24(25)29(18)19(2)31)20-8-11-23(12-9-20)36(33,34)27-14-15-30/h8-13,16,18,22,27,30H,3-7,14-15,17H2,1-2H3/t18-/m0/s1. The van der Waals surface area contributed by atoms with Crippen LogP contribution in [0.2, 0.25) is 0 Å².